The molecule has 1 amide bonds. The zero-order valence-electron chi connectivity index (χ0n) is 10.1. The van der Waals surface area contributed by atoms with Gasteiger partial charge in [0.1, 0.15) is 11.7 Å². The Morgan fingerprint density at radius 3 is 2.83 bits per heavy atom. The first-order chi connectivity index (χ1) is 8.60. The average molecular weight is 268 g/mol. The maximum atomic E-state index is 11.9. The number of pyridine rings is 1. The van der Waals surface area contributed by atoms with Crippen LogP contribution in [0.4, 0.5) is 0 Å². The summed E-state index contributed by atoms with van der Waals surface area (Å²) in [5.74, 6) is -1.54. The summed E-state index contributed by atoms with van der Waals surface area (Å²) in [6, 6.07) is 2.58. The second-order valence-electron chi connectivity index (χ2n) is 3.81. The van der Waals surface area contributed by atoms with E-state index in [1.165, 1.54) is 6.20 Å². The van der Waals surface area contributed by atoms with E-state index in [9.17, 15) is 9.59 Å². The molecule has 0 unspecified atom stereocenters. The average Bonchev–Trinajstić information content (AvgIpc) is 2.36. The topological polar surface area (TPSA) is 79.3 Å². The Labute approximate surface area is 111 Å². The number of nitrogens with zero attached hydrogens (tertiary/aromatic N) is 1. The van der Waals surface area contributed by atoms with Gasteiger partial charge in [0, 0.05) is 11.9 Å². The maximum Gasteiger partial charge on any atom is 0.327 e. The molecule has 1 aromatic heterocycles. The Morgan fingerprint density at radius 1 is 1.56 bits per heavy atom. The number of hydrogen-bond acceptors (Lipinski definition) is 4. The number of amides is 1. The number of rotatable bonds is 6. The predicted octanol–water partition coefficient (Wildman–Crippen LogP) is 1.15. The lowest BCUT2D eigenvalue weighted by Crippen LogP contribution is -2.42. The minimum absolute atomic E-state index is 0.0387. The van der Waals surface area contributed by atoms with Crippen LogP contribution in [0.2, 0.25) is 0 Å². The molecular formula is C12H16N2O3S. The van der Waals surface area contributed by atoms with Gasteiger partial charge in [-0.2, -0.15) is 12.6 Å². The SMILES string of the molecule is CCCc1cccnc1C(=O)N[C@@H](CS)C(=O)O. The van der Waals surface area contributed by atoms with Gasteiger partial charge >= 0.3 is 5.97 Å². The zero-order valence-corrected chi connectivity index (χ0v) is 11.0. The van der Waals surface area contributed by atoms with E-state index in [0.29, 0.717) is 0 Å². The van der Waals surface area contributed by atoms with Gasteiger partial charge in [0.05, 0.1) is 0 Å². The molecule has 1 atom stereocenters. The van der Waals surface area contributed by atoms with Crippen molar-refractivity contribution >= 4 is 24.5 Å². The highest BCUT2D eigenvalue weighted by Crippen LogP contribution is 2.08. The fourth-order valence-corrected chi connectivity index (χ4v) is 1.77. The molecule has 0 spiro atoms. The Balaban J connectivity index is 2.86. The Kier molecular flexibility index (Phi) is 5.64. The molecule has 0 saturated carbocycles. The highest BCUT2D eigenvalue weighted by atomic mass is 32.1. The molecular weight excluding hydrogens is 252 g/mol. The van der Waals surface area contributed by atoms with Crippen LogP contribution in [0.25, 0.3) is 0 Å². The van der Waals surface area contributed by atoms with Crippen molar-refractivity contribution in [3.63, 3.8) is 0 Å². The van der Waals surface area contributed by atoms with E-state index < -0.39 is 17.9 Å². The second-order valence-corrected chi connectivity index (χ2v) is 4.17. The number of thiol groups is 1. The summed E-state index contributed by atoms with van der Waals surface area (Å²) in [7, 11) is 0. The van der Waals surface area contributed by atoms with Crippen LogP contribution in [0.5, 0.6) is 0 Å². The molecule has 0 bridgehead atoms. The van der Waals surface area contributed by atoms with Gasteiger partial charge in [0.2, 0.25) is 0 Å². The first-order valence-corrected chi connectivity index (χ1v) is 6.31. The van der Waals surface area contributed by atoms with Crippen LogP contribution in [0, 0.1) is 0 Å². The van der Waals surface area contributed by atoms with E-state index in [0.717, 1.165) is 18.4 Å². The molecule has 2 N–H and O–H groups in total. The highest BCUT2D eigenvalue weighted by Gasteiger charge is 2.21. The van der Waals surface area contributed by atoms with E-state index in [-0.39, 0.29) is 11.4 Å². The monoisotopic (exact) mass is 268 g/mol. The summed E-state index contributed by atoms with van der Waals surface area (Å²) in [6.07, 6.45) is 3.14. The summed E-state index contributed by atoms with van der Waals surface area (Å²) in [4.78, 5) is 26.8. The van der Waals surface area contributed by atoms with Crippen LogP contribution in [-0.2, 0) is 11.2 Å². The van der Waals surface area contributed by atoms with Gasteiger partial charge < -0.3 is 10.4 Å². The molecule has 5 nitrogen and oxygen atoms in total. The van der Waals surface area contributed by atoms with E-state index in [4.69, 9.17) is 5.11 Å². The molecule has 0 aromatic carbocycles. The maximum absolute atomic E-state index is 11.9. The Morgan fingerprint density at radius 2 is 2.28 bits per heavy atom. The fraction of sp³-hybridized carbons (Fsp3) is 0.417. The smallest absolute Gasteiger partial charge is 0.327 e. The van der Waals surface area contributed by atoms with E-state index in [1.807, 2.05) is 13.0 Å². The third-order valence-corrected chi connectivity index (χ3v) is 2.78. The zero-order chi connectivity index (χ0) is 13.5. The Bertz CT molecular complexity index is 437. The number of carbonyl (C=O) groups is 2. The van der Waals surface area contributed by atoms with Crippen molar-refractivity contribution in [2.24, 2.45) is 0 Å². The van der Waals surface area contributed by atoms with Gasteiger partial charge in [-0.25, -0.2) is 4.79 Å². The summed E-state index contributed by atoms with van der Waals surface area (Å²) >= 11 is 3.89. The molecule has 0 radical (unpaired) electrons. The minimum atomic E-state index is -1.11. The van der Waals surface area contributed by atoms with Crippen LogP contribution in [0.15, 0.2) is 18.3 Å². The molecule has 18 heavy (non-hydrogen) atoms. The third-order valence-electron chi connectivity index (χ3n) is 2.41. The molecule has 0 aliphatic heterocycles. The van der Waals surface area contributed by atoms with E-state index >= 15 is 0 Å². The fourth-order valence-electron chi connectivity index (χ4n) is 1.53. The van der Waals surface area contributed by atoms with Gasteiger partial charge in [-0.05, 0) is 18.1 Å². The largest absolute Gasteiger partial charge is 0.480 e. The summed E-state index contributed by atoms with van der Waals surface area (Å²) in [5.41, 5.74) is 1.10. The summed E-state index contributed by atoms with van der Waals surface area (Å²) < 4.78 is 0. The lowest BCUT2D eigenvalue weighted by molar-refractivity contribution is -0.138. The van der Waals surface area contributed by atoms with Crippen LogP contribution in [-0.4, -0.2) is 33.8 Å². The van der Waals surface area contributed by atoms with Gasteiger partial charge in [0.15, 0.2) is 0 Å². The van der Waals surface area contributed by atoms with Crippen molar-refractivity contribution in [3.05, 3.63) is 29.6 Å². The van der Waals surface area contributed by atoms with Crippen molar-refractivity contribution in [3.8, 4) is 0 Å². The number of aliphatic carboxylic acids is 1. The van der Waals surface area contributed by atoms with Gasteiger partial charge in [-0.1, -0.05) is 19.4 Å². The minimum Gasteiger partial charge on any atom is -0.480 e. The molecule has 1 rings (SSSR count). The number of hydrogen-bond donors (Lipinski definition) is 3. The van der Waals surface area contributed by atoms with Crippen LogP contribution in [0.3, 0.4) is 0 Å². The summed E-state index contributed by atoms with van der Waals surface area (Å²) in [5, 5.41) is 11.3. The van der Waals surface area contributed by atoms with Crippen molar-refractivity contribution < 1.29 is 14.7 Å². The van der Waals surface area contributed by atoms with Crippen LogP contribution < -0.4 is 5.32 Å². The quantitative estimate of drug-likeness (QED) is 0.676. The number of aryl methyl sites for hydroxylation is 1. The van der Waals surface area contributed by atoms with Gasteiger partial charge in [-0.15, -0.1) is 0 Å². The summed E-state index contributed by atoms with van der Waals surface area (Å²) in [6.45, 7) is 2.00. The van der Waals surface area contributed by atoms with Crippen LogP contribution >= 0.6 is 12.6 Å². The van der Waals surface area contributed by atoms with E-state index in [2.05, 4.69) is 22.9 Å². The number of nitrogens with one attached hydrogen (secondary N) is 1. The molecule has 0 saturated heterocycles. The molecule has 0 aliphatic carbocycles. The number of carbonyl (C=O) groups excluding carboxylic acids is 1. The van der Waals surface area contributed by atoms with E-state index in [1.54, 1.807) is 6.07 Å². The van der Waals surface area contributed by atoms with Crippen molar-refractivity contribution in [2.75, 3.05) is 5.75 Å². The van der Waals surface area contributed by atoms with Crippen LogP contribution in [0.1, 0.15) is 29.4 Å². The molecule has 1 aromatic rings. The van der Waals surface area contributed by atoms with Gasteiger partial charge in [-0.3, -0.25) is 9.78 Å². The highest BCUT2D eigenvalue weighted by molar-refractivity contribution is 7.80. The number of carboxylic acid groups (broad SMARTS) is 1. The molecule has 98 valence electrons. The normalized spacial score (nSPS) is 11.9. The lowest BCUT2D eigenvalue weighted by atomic mass is 10.1. The number of carboxylic acids is 1. The Hall–Kier alpha value is -1.56. The molecule has 0 aliphatic rings. The predicted molar refractivity (Wildman–Crippen MR) is 71.0 cm³/mol. The van der Waals surface area contributed by atoms with Crippen molar-refractivity contribution in [1.82, 2.24) is 10.3 Å². The van der Waals surface area contributed by atoms with Crippen molar-refractivity contribution in [2.45, 2.75) is 25.8 Å². The molecule has 0 fully saturated rings. The standard InChI is InChI=1S/C12H16N2O3S/c1-2-4-8-5-3-6-13-10(8)11(15)14-9(7-18)12(16)17/h3,5-6,9,18H,2,4,7H2,1H3,(H,14,15)(H,16,17)/t9-/m0/s1. The molecule has 6 heteroatoms. The lowest BCUT2D eigenvalue weighted by Gasteiger charge is -2.13. The first kappa shape index (κ1) is 14.5. The number of aromatic nitrogens is 1. The molecule has 1 heterocycles. The van der Waals surface area contributed by atoms with Gasteiger partial charge in [0.25, 0.3) is 5.91 Å². The third kappa shape index (κ3) is 3.73. The van der Waals surface area contributed by atoms with Crippen molar-refractivity contribution in [1.29, 1.82) is 0 Å². The second kappa shape index (κ2) is 7.00. The first-order valence-electron chi connectivity index (χ1n) is 5.68.